The van der Waals surface area contributed by atoms with Crippen molar-refractivity contribution in [1.82, 2.24) is 9.88 Å². The molecule has 0 spiro atoms. The van der Waals surface area contributed by atoms with E-state index in [9.17, 15) is 18.0 Å². The summed E-state index contributed by atoms with van der Waals surface area (Å²) < 4.78 is 43.4. The molecule has 0 saturated carbocycles. The molecule has 0 bridgehead atoms. The molecule has 2 aliphatic heterocycles. The van der Waals surface area contributed by atoms with Crippen molar-refractivity contribution in [3.05, 3.63) is 52.5 Å². The third-order valence-corrected chi connectivity index (χ3v) is 5.88. The van der Waals surface area contributed by atoms with Gasteiger partial charge in [-0.05, 0) is 23.1 Å². The Hall–Kier alpha value is -2.50. The van der Waals surface area contributed by atoms with E-state index < -0.39 is 12.1 Å². The van der Waals surface area contributed by atoms with E-state index in [1.165, 1.54) is 0 Å². The standard InChI is InChI=1S/C18H20N2O3S.C2HF3O2/c21-17(15-3-5-24-10-15)20-7-16-9-23-13-18(16,11-20)12-22-8-14-2-1-4-19-6-14;3-2(4,5)1(6)7/h1-6,10,16H,7-9,11-13H2;(H,6,7)/t16-,18-;/m1./s1. The molecule has 0 unspecified atom stereocenters. The fourth-order valence-electron chi connectivity index (χ4n) is 3.62. The number of hydrogen-bond acceptors (Lipinski definition) is 6. The van der Waals surface area contributed by atoms with Crippen molar-refractivity contribution in [2.75, 3.05) is 32.9 Å². The number of hydrogen-bond donors (Lipinski definition) is 1. The van der Waals surface area contributed by atoms with Gasteiger partial charge in [-0.15, -0.1) is 0 Å². The smallest absolute Gasteiger partial charge is 0.475 e. The number of aliphatic carboxylic acids is 1. The minimum atomic E-state index is -5.08. The number of aromatic nitrogens is 1. The zero-order chi connectivity index (χ0) is 22.5. The first-order chi connectivity index (χ1) is 14.7. The zero-order valence-corrected chi connectivity index (χ0v) is 17.2. The summed E-state index contributed by atoms with van der Waals surface area (Å²) in [7, 11) is 0. The van der Waals surface area contributed by atoms with Gasteiger partial charge in [-0.25, -0.2) is 4.79 Å². The first-order valence-corrected chi connectivity index (χ1v) is 10.3. The summed E-state index contributed by atoms with van der Waals surface area (Å²) in [6.07, 6.45) is -1.50. The van der Waals surface area contributed by atoms with Gasteiger partial charge in [0.25, 0.3) is 5.91 Å². The number of fused-ring (bicyclic) bond motifs is 1. The van der Waals surface area contributed by atoms with Gasteiger partial charge in [0.05, 0.1) is 32.0 Å². The summed E-state index contributed by atoms with van der Waals surface area (Å²) in [5.74, 6) is -2.28. The number of nitrogens with zero attached hydrogens (tertiary/aromatic N) is 2. The highest BCUT2D eigenvalue weighted by Crippen LogP contribution is 2.42. The van der Waals surface area contributed by atoms with Crippen molar-refractivity contribution >= 4 is 23.2 Å². The molecule has 4 heterocycles. The van der Waals surface area contributed by atoms with Gasteiger partial charge in [-0.3, -0.25) is 9.78 Å². The zero-order valence-electron chi connectivity index (χ0n) is 16.4. The van der Waals surface area contributed by atoms with Crippen molar-refractivity contribution in [2.24, 2.45) is 11.3 Å². The lowest BCUT2D eigenvalue weighted by Gasteiger charge is -2.26. The number of thiophene rings is 1. The Morgan fingerprint density at radius 3 is 2.77 bits per heavy atom. The van der Waals surface area contributed by atoms with E-state index in [0.717, 1.165) is 17.7 Å². The number of ether oxygens (including phenoxy) is 2. The van der Waals surface area contributed by atoms with Crippen LogP contribution in [0.15, 0.2) is 41.4 Å². The molecule has 11 heteroatoms. The molecule has 0 aliphatic carbocycles. The minimum Gasteiger partial charge on any atom is -0.475 e. The summed E-state index contributed by atoms with van der Waals surface area (Å²) in [5, 5.41) is 11.0. The number of pyridine rings is 1. The van der Waals surface area contributed by atoms with Crippen LogP contribution in [0.25, 0.3) is 0 Å². The van der Waals surface area contributed by atoms with Crippen LogP contribution in [0.2, 0.25) is 0 Å². The van der Waals surface area contributed by atoms with Gasteiger partial charge in [-0.2, -0.15) is 24.5 Å². The van der Waals surface area contributed by atoms with E-state index in [2.05, 4.69) is 4.98 Å². The SMILES string of the molecule is O=C(O)C(F)(F)F.O=C(c1ccsc1)N1C[C@@H]2COC[C@]2(COCc2cccnc2)C1. The van der Waals surface area contributed by atoms with Gasteiger partial charge in [0, 0.05) is 42.2 Å². The van der Waals surface area contributed by atoms with Crippen molar-refractivity contribution < 1.29 is 37.3 Å². The van der Waals surface area contributed by atoms with Crippen LogP contribution >= 0.6 is 11.3 Å². The minimum absolute atomic E-state index is 0.0755. The third kappa shape index (κ3) is 5.81. The summed E-state index contributed by atoms with van der Waals surface area (Å²) in [6.45, 7) is 3.99. The van der Waals surface area contributed by atoms with Crippen molar-refractivity contribution in [1.29, 1.82) is 0 Å². The first kappa shape index (κ1) is 23.2. The van der Waals surface area contributed by atoms with Gasteiger partial charge in [0.2, 0.25) is 0 Å². The Balaban J connectivity index is 0.000000339. The second kappa shape index (κ2) is 9.75. The van der Waals surface area contributed by atoms with E-state index in [4.69, 9.17) is 19.4 Å². The Kier molecular flexibility index (Phi) is 7.29. The third-order valence-electron chi connectivity index (χ3n) is 5.20. The molecule has 2 aromatic rings. The highest BCUT2D eigenvalue weighted by atomic mass is 32.1. The van der Waals surface area contributed by atoms with Gasteiger partial charge < -0.3 is 19.5 Å². The van der Waals surface area contributed by atoms with Crippen LogP contribution in [-0.4, -0.2) is 66.0 Å². The monoisotopic (exact) mass is 458 g/mol. The second-order valence-electron chi connectivity index (χ2n) is 7.43. The Labute approximate surface area is 180 Å². The van der Waals surface area contributed by atoms with Gasteiger partial charge in [0.15, 0.2) is 0 Å². The Morgan fingerprint density at radius 1 is 1.39 bits per heavy atom. The highest BCUT2D eigenvalue weighted by molar-refractivity contribution is 7.08. The molecule has 2 fully saturated rings. The number of rotatable bonds is 5. The van der Waals surface area contributed by atoms with Gasteiger partial charge in [-0.1, -0.05) is 6.07 Å². The normalized spacial score (nSPS) is 22.5. The number of amides is 1. The van der Waals surface area contributed by atoms with Gasteiger partial charge >= 0.3 is 12.1 Å². The summed E-state index contributed by atoms with van der Waals surface area (Å²) in [5.41, 5.74) is 1.77. The maximum absolute atomic E-state index is 12.6. The number of carbonyl (C=O) groups is 2. The molecule has 2 aromatic heterocycles. The molecule has 2 atom stereocenters. The fourth-order valence-corrected chi connectivity index (χ4v) is 4.24. The van der Waals surface area contributed by atoms with Crippen LogP contribution in [0, 0.1) is 11.3 Å². The van der Waals surface area contributed by atoms with Crippen LogP contribution < -0.4 is 0 Å². The maximum atomic E-state index is 12.6. The van der Waals surface area contributed by atoms with Crippen LogP contribution in [0.5, 0.6) is 0 Å². The molecule has 31 heavy (non-hydrogen) atoms. The largest absolute Gasteiger partial charge is 0.490 e. The van der Waals surface area contributed by atoms with Crippen LogP contribution in [0.3, 0.4) is 0 Å². The van der Waals surface area contributed by atoms with E-state index in [1.807, 2.05) is 40.1 Å². The average molecular weight is 458 g/mol. The van der Waals surface area contributed by atoms with Crippen molar-refractivity contribution in [3.8, 4) is 0 Å². The molecular formula is C20H21F3N2O5S. The van der Waals surface area contributed by atoms with Gasteiger partial charge in [0.1, 0.15) is 0 Å². The number of halogens is 3. The van der Waals surface area contributed by atoms with Crippen LogP contribution in [-0.2, 0) is 20.9 Å². The molecule has 0 radical (unpaired) electrons. The second-order valence-corrected chi connectivity index (χ2v) is 8.21. The number of carboxylic acid groups (broad SMARTS) is 1. The number of carbonyl (C=O) groups excluding carboxylic acids is 1. The predicted molar refractivity (Wildman–Crippen MR) is 105 cm³/mol. The molecule has 1 amide bonds. The predicted octanol–water partition coefficient (Wildman–Crippen LogP) is 3.08. The lowest BCUT2D eigenvalue weighted by Crippen LogP contribution is -2.37. The number of carboxylic acids is 1. The Bertz CT molecular complexity index is 879. The topological polar surface area (TPSA) is 89.0 Å². The molecule has 168 valence electrons. The summed E-state index contributed by atoms with van der Waals surface area (Å²) in [4.78, 5) is 27.6. The first-order valence-electron chi connectivity index (χ1n) is 9.37. The molecule has 0 aromatic carbocycles. The summed E-state index contributed by atoms with van der Waals surface area (Å²) >= 11 is 1.56. The molecule has 1 N–H and O–H groups in total. The Morgan fingerprint density at radius 2 is 2.16 bits per heavy atom. The van der Waals surface area contributed by atoms with Crippen LogP contribution in [0.4, 0.5) is 13.2 Å². The molecular weight excluding hydrogens is 437 g/mol. The number of likely N-dealkylation sites (tertiary alicyclic amines) is 1. The molecule has 4 rings (SSSR count). The van der Waals surface area contributed by atoms with E-state index in [0.29, 0.717) is 38.9 Å². The fraction of sp³-hybridized carbons (Fsp3) is 0.450. The molecule has 7 nitrogen and oxygen atoms in total. The maximum Gasteiger partial charge on any atom is 0.490 e. The van der Waals surface area contributed by atoms with E-state index >= 15 is 0 Å². The lowest BCUT2D eigenvalue weighted by molar-refractivity contribution is -0.192. The van der Waals surface area contributed by atoms with Crippen LogP contribution in [0.1, 0.15) is 15.9 Å². The van der Waals surface area contributed by atoms with Crippen molar-refractivity contribution in [2.45, 2.75) is 12.8 Å². The lowest BCUT2D eigenvalue weighted by atomic mass is 9.82. The number of alkyl halides is 3. The molecule has 2 saturated heterocycles. The highest BCUT2D eigenvalue weighted by Gasteiger charge is 2.52. The van der Waals surface area contributed by atoms with Crippen molar-refractivity contribution in [3.63, 3.8) is 0 Å². The molecule has 2 aliphatic rings. The van der Waals surface area contributed by atoms with E-state index in [1.54, 1.807) is 17.5 Å². The average Bonchev–Trinajstić information content (AvgIpc) is 3.44. The van der Waals surface area contributed by atoms with E-state index in [-0.39, 0.29) is 11.3 Å². The quantitative estimate of drug-likeness (QED) is 0.741. The summed E-state index contributed by atoms with van der Waals surface area (Å²) in [6, 6.07) is 5.81.